The molecule has 0 aliphatic heterocycles. The van der Waals surface area contributed by atoms with Gasteiger partial charge in [-0.3, -0.25) is 4.98 Å². The van der Waals surface area contributed by atoms with Crippen LogP contribution in [0.15, 0.2) is 55.1 Å². The van der Waals surface area contributed by atoms with Crippen molar-refractivity contribution in [3.05, 3.63) is 72.3 Å². The Labute approximate surface area is 125 Å². The Balaban J connectivity index is 1.86. The number of aromatic nitrogens is 3. The zero-order chi connectivity index (χ0) is 15.5. The van der Waals surface area contributed by atoms with E-state index in [1.807, 2.05) is 6.07 Å². The van der Waals surface area contributed by atoms with Crippen LogP contribution in [0.4, 0.5) is 8.78 Å². The minimum atomic E-state index is -1.11. The standard InChI is InChI=1S/C16H13F2N3O/c17-12-3-4-13(14(18)8-12)15(22)10-21-7-6-20-16(21)11-2-1-5-19-9-11/h1-9,15,22H,10H2. The third-order valence-electron chi connectivity index (χ3n) is 3.33. The van der Waals surface area contributed by atoms with E-state index in [-0.39, 0.29) is 12.1 Å². The van der Waals surface area contributed by atoms with Crippen LogP contribution in [0, 0.1) is 11.6 Å². The Morgan fingerprint density at radius 2 is 2.05 bits per heavy atom. The molecular formula is C16H13F2N3O. The van der Waals surface area contributed by atoms with Crippen molar-refractivity contribution in [2.45, 2.75) is 12.6 Å². The highest BCUT2D eigenvalue weighted by Gasteiger charge is 2.16. The fraction of sp³-hybridized carbons (Fsp3) is 0.125. The van der Waals surface area contributed by atoms with E-state index in [1.165, 1.54) is 6.07 Å². The lowest BCUT2D eigenvalue weighted by molar-refractivity contribution is 0.152. The molecule has 22 heavy (non-hydrogen) atoms. The summed E-state index contributed by atoms with van der Waals surface area (Å²) in [5, 5.41) is 10.2. The average Bonchev–Trinajstić information content (AvgIpc) is 2.96. The van der Waals surface area contributed by atoms with Crippen molar-refractivity contribution in [1.82, 2.24) is 14.5 Å². The summed E-state index contributed by atoms with van der Waals surface area (Å²) in [6.07, 6.45) is 5.48. The maximum atomic E-state index is 13.7. The second-order valence-electron chi connectivity index (χ2n) is 4.83. The number of imidazole rings is 1. The summed E-state index contributed by atoms with van der Waals surface area (Å²) in [6, 6.07) is 6.75. The zero-order valence-corrected chi connectivity index (χ0v) is 11.5. The molecule has 0 amide bonds. The van der Waals surface area contributed by atoms with Gasteiger partial charge in [-0.05, 0) is 18.2 Å². The van der Waals surface area contributed by atoms with Crippen molar-refractivity contribution in [3.63, 3.8) is 0 Å². The lowest BCUT2D eigenvalue weighted by Crippen LogP contribution is -2.11. The van der Waals surface area contributed by atoms with Crippen LogP contribution in [-0.4, -0.2) is 19.6 Å². The summed E-state index contributed by atoms with van der Waals surface area (Å²) in [6.45, 7) is 0.104. The number of pyridine rings is 1. The average molecular weight is 301 g/mol. The van der Waals surface area contributed by atoms with Gasteiger partial charge in [-0.1, -0.05) is 6.07 Å². The predicted molar refractivity (Wildman–Crippen MR) is 76.8 cm³/mol. The summed E-state index contributed by atoms with van der Waals surface area (Å²) in [5.41, 5.74) is 0.839. The second-order valence-corrected chi connectivity index (χ2v) is 4.83. The van der Waals surface area contributed by atoms with Gasteiger partial charge < -0.3 is 9.67 Å². The molecule has 0 aliphatic rings. The van der Waals surface area contributed by atoms with Gasteiger partial charge in [-0.15, -0.1) is 0 Å². The fourth-order valence-corrected chi connectivity index (χ4v) is 2.27. The predicted octanol–water partition coefficient (Wildman–Crippen LogP) is 2.96. The first-order chi connectivity index (χ1) is 10.6. The Morgan fingerprint density at radius 1 is 1.18 bits per heavy atom. The second kappa shape index (κ2) is 6.03. The molecule has 0 saturated carbocycles. The van der Waals surface area contributed by atoms with Gasteiger partial charge in [0, 0.05) is 42.0 Å². The van der Waals surface area contributed by atoms with Gasteiger partial charge in [0.2, 0.25) is 0 Å². The summed E-state index contributed by atoms with van der Waals surface area (Å²) in [4.78, 5) is 8.25. The molecule has 0 radical (unpaired) electrons. The first-order valence-corrected chi connectivity index (χ1v) is 6.69. The molecule has 1 aromatic carbocycles. The normalized spacial score (nSPS) is 12.3. The Kier molecular flexibility index (Phi) is 3.93. The highest BCUT2D eigenvalue weighted by atomic mass is 19.1. The first kappa shape index (κ1) is 14.3. The molecule has 2 heterocycles. The minimum Gasteiger partial charge on any atom is -0.386 e. The topological polar surface area (TPSA) is 50.9 Å². The summed E-state index contributed by atoms with van der Waals surface area (Å²) < 4.78 is 28.3. The van der Waals surface area contributed by atoms with Crippen molar-refractivity contribution in [1.29, 1.82) is 0 Å². The number of aliphatic hydroxyl groups excluding tert-OH is 1. The van der Waals surface area contributed by atoms with Gasteiger partial charge in [0.1, 0.15) is 17.5 Å². The summed E-state index contributed by atoms with van der Waals surface area (Å²) in [5.74, 6) is -0.822. The quantitative estimate of drug-likeness (QED) is 0.806. The van der Waals surface area contributed by atoms with E-state index >= 15 is 0 Å². The number of halogens is 2. The van der Waals surface area contributed by atoms with Crippen LogP contribution >= 0.6 is 0 Å². The largest absolute Gasteiger partial charge is 0.386 e. The van der Waals surface area contributed by atoms with Crippen LogP contribution in [0.25, 0.3) is 11.4 Å². The molecule has 0 bridgehead atoms. The molecule has 112 valence electrons. The van der Waals surface area contributed by atoms with E-state index in [2.05, 4.69) is 9.97 Å². The molecule has 0 fully saturated rings. The van der Waals surface area contributed by atoms with Crippen LogP contribution in [0.2, 0.25) is 0 Å². The van der Waals surface area contributed by atoms with Crippen LogP contribution in [0.3, 0.4) is 0 Å². The maximum absolute atomic E-state index is 13.7. The number of aliphatic hydroxyl groups is 1. The third-order valence-corrected chi connectivity index (χ3v) is 3.33. The van der Waals surface area contributed by atoms with Gasteiger partial charge in [-0.25, -0.2) is 13.8 Å². The van der Waals surface area contributed by atoms with E-state index in [0.717, 1.165) is 17.7 Å². The third kappa shape index (κ3) is 2.87. The van der Waals surface area contributed by atoms with Crippen LogP contribution in [0.1, 0.15) is 11.7 Å². The Morgan fingerprint density at radius 3 is 2.77 bits per heavy atom. The van der Waals surface area contributed by atoms with Crippen molar-refractivity contribution in [2.75, 3.05) is 0 Å². The lowest BCUT2D eigenvalue weighted by Gasteiger charge is -2.14. The molecule has 0 spiro atoms. The van der Waals surface area contributed by atoms with Crippen LogP contribution in [-0.2, 0) is 6.54 Å². The smallest absolute Gasteiger partial charge is 0.141 e. The van der Waals surface area contributed by atoms with Gasteiger partial charge in [0.15, 0.2) is 0 Å². The van der Waals surface area contributed by atoms with Gasteiger partial charge in [0.25, 0.3) is 0 Å². The van der Waals surface area contributed by atoms with Gasteiger partial charge >= 0.3 is 0 Å². The highest BCUT2D eigenvalue weighted by molar-refractivity contribution is 5.53. The van der Waals surface area contributed by atoms with Crippen LogP contribution in [0.5, 0.6) is 0 Å². The minimum absolute atomic E-state index is 0.0484. The number of rotatable bonds is 4. The van der Waals surface area contributed by atoms with E-state index in [9.17, 15) is 13.9 Å². The molecule has 3 aromatic rings. The van der Waals surface area contributed by atoms with Gasteiger partial charge in [0.05, 0.1) is 12.6 Å². The van der Waals surface area contributed by atoms with Crippen molar-refractivity contribution in [2.24, 2.45) is 0 Å². The van der Waals surface area contributed by atoms with E-state index in [0.29, 0.717) is 5.82 Å². The zero-order valence-electron chi connectivity index (χ0n) is 11.5. The van der Waals surface area contributed by atoms with E-state index in [1.54, 1.807) is 35.4 Å². The number of hydrogen-bond acceptors (Lipinski definition) is 3. The molecule has 1 atom stereocenters. The molecule has 4 nitrogen and oxygen atoms in total. The monoisotopic (exact) mass is 301 g/mol. The summed E-state index contributed by atoms with van der Waals surface area (Å²) >= 11 is 0. The Bertz CT molecular complexity index is 774. The first-order valence-electron chi connectivity index (χ1n) is 6.69. The lowest BCUT2D eigenvalue weighted by atomic mass is 10.1. The fourth-order valence-electron chi connectivity index (χ4n) is 2.27. The van der Waals surface area contributed by atoms with Gasteiger partial charge in [-0.2, -0.15) is 0 Å². The number of nitrogens with zero attached hydrogens (tertiary/aromatic N) is 3. The molecule has 6 heteroatoms. The highest BCUT2D eigenvalue weighted by Crippen LogP contribution is 2.23. The van der Waals surface area contributed by atoms with E-state index < -0.39 is 17.7 Å². The van der Waals surface area contributed by atoms with E-state index in [4.69, 9.17) is 0 Å². The molecule has 0 aliphatic carbocycles. The molecular weight excluding hydrogens is 288 g/mol. The molecule has 0 saturated heterocycles. The molecule has 2 aromatic heterocycles. The van der Waals surface area contributed by atoms with Crippen molar-refractivity contribution < 1.29 is 13.9 Å². The Hall–Kier alpha value is -2.60. The molecule has 1 N–H and O–H groups in total. The molecule has 3 rings (SSSR count). The SMILES string of the molecule is OC(Cn1ccnc1-c1cccnc1)c1ccc(F)cc1F. The maximum Gasteiger partial charge on any atom is 0.141 e. The van der Waals surface area contributed by atoms with Crippen LogP contribution < -0.4 is 0 Å². The van der Waals surface area contributed by atoms with Crippen molar-refractivity contribution in [3.8, 4) is 11.4 Å². The number of hydrogen-bond donors (Lipinski definition) is 1. The molecule has 1 unspecified atom stereocenters. The summed E-state index contributed by atoms with van der Waals surface area (Å²) in [7, 11) is 0. The van der Waals surface area contributed by atoms with Crippen molar-refractivity contribution >= 4 is 0 Å². The number of benzene rings is 1.